The Hall–Kier alpha value is -4.42. The number of unbranched alkanes of at least 4 members (excludes halogenated alkanes) is 1. The van der Waals surface area contributed by atoms with Crippen LogP contribution in [-0.4, -0.2) is 60.9 Å². The molecule has 0 saturated carbocycles. The lowest BCUT2D eigenvalue weighted by molar-refractivity contribution is -0.125. The highest BCUT2D eigenvalue weighted by atomic mass is 16.2. The van der Waals surface area contributed by atoms with Crippen LogP contribution >= 0.6 is 0 Å². The van der Waals surface area contributed by atoms with E-state index in [4.69, 9.17) is 0 Å². The molecule has 7 rings (SSSR count). The number of carbonyl (C=O) groups is 2. The summed E-state index contributed by atoms with van der Waals surface area (Å²) in [6.45, 7) is 8.87. The maximum absolute atomic E-state index is 13.8. The standard InChI is InChI=1S/C39H42N4O2/c1-2-40-38(45)39(35-16-8-6-14-32(35)33-15-7-9-17-36(33)39)20-10-11-21-41-22-24-42(25-23-41)31-19-18-30-28-43(37(44)34(30)26-31)27-29-12-4-3-5-13-29/h3-9,12-19,26H,2,10-11,20-25,27-28H2,1H3,(H,40,45). The van der Waals surface area contributed by atoms with Gasteiger partial charge >= 0.3 is 0 Å². The fourth-order valence-corrected chi connectivity index (χ4v) is 7.70. The maximum Gasteiger partial charge on any atom is 0.254 e. The molecule has 1 fully saturated rings. The van der Waals surface area contributed by atoms with Gasteiger partial charge in [-0.2, -0.15) is 0 Å². The van der Waals surface area contributed by atoms with E-state index < -0.39 is 5.41 Å². The number of carbonyl (C=O) groups excluding carboxylic acids is 2. The first-order chi connectivity index (χ1) is 22.1. The highest BCUT2D eigenvalue weighted by Gasteiger charge is 2.48. The minimum atomic E-state index is -0.635. The van der Waals surface area contributed by atoms with Gasteiger partial charge in [-0.15, -0.1) is 0 Å². The van der Waals surface area contributed by atoms with Gasteiger partial charge in [0.1, 0.15) is 5.41 Å². The van der Waals surface area contributed by atoms with Crippen LogP contribution in [0, 0.1) is 0 Å². The number of piperazine rings is 1. The number of benzene rings is 4. The number of anilines is 1. The normalized spacial score (nSPS) is 16.8. The van der Waals surface area contributed by atoms with Crippen molar-refractivity contribution < 1.29 is 9.59 Å². The molecule has 1 aliphatic carbocycles. The van der Waals surface area contributed by atoms with Gasteiger partial charge in [0.15, 0.2) is 0 Å². The third-order valence-corrected chi connectivity index (χ3v) is 9.99. The first-order valence-electron chi connectivity index (χ1n) is 16.5. The van der Waals surface area contributed by atoms with Crippen molar-refractivity contribution in [2.75, 3.05) is 44.2 Å². The van der Waals surface area contributed by atoms with E-state index in [2.05, 4.69) is 94.0 Å². The molecular weight excluding hydrogens is 556 g/mol. The Bertz CT molecular complexity index is 1650. The van der Waals surface area contributed by atoms with E-state index in [0.29, 0.717) is 19.6 Å². The molecule has 2 aliphatic heterocycles. The van der Waals surface area contributed by atoms with Gasteiger partial charge in [-0.3, -0.25) is 14.5 Å². The number of fused-ring (bicyclic) bond motifs is 4. The van der Waals surface area contributed by atoms with Crippen LogP contribution in [0.15, 0.2) is 97.1 Å². The molecule has 0 radical (unpaired) electrons. The summed E-state index contributed by atoms with van der Waals surface area (Å²) < 4.78 is 0. The second kappa shape index (κ2) is 12.5. The highest BCUT2D eigenvalue weighted by molar-refractivity contribution is 6.01. The predicted molar refractivity (Wildman–Crippen MR) is 180 cm³/mol. The lowest BCUT2D eigenvalue weighted by atomic mass is 9.73. The molecule has 2 amide bonds. The van der Waals surface area contributed by atoms with E-state index in [1.165, 1.54) is 11.1 Å². The largest absolute Gasteiger partial charge is 0.369 e. The summed E-state index contributed by atoms with van der Waals surface area (Å²) in [6.07, 6.45) is 2.83. The Labute approximate surface area is 266 Å². The summed E-state index contributed by atoms with van der Waals surface area (Å²) in [7, 11) is 0. The summed E-state index contributed by atoms with van der Waals surface area (Å²) in [5.74, 6) is 0.249. The summed E-state index contributed by atoms with van der Waals surface area (Å²) >= 11 is 0. The summed E-state index contributed by atoms with van der Waals surface area (Å²) in [4.78, 5) is 34.0. The first kappa shape index (κ1) is 29.3. The Morgan fingerprint density at radius 3 is 2.13 bits per heavy atom. The Balaban J connectivity index is 0.954. The molecule has 1 N–H and O–H groups in total. The van der Waals surface area contributed by atoms with Crippen molar-refractivity contribution in [1.82, 2.24) is 15.1 Å². The van der Waals surface area contributed by atoms with Crippen molar-refractivity contribution in [3.8, 4) is 11.1 Å². The number of amides is 2. The van der Waals surface area contributed by atoms with Gasteiger partial charge in [-0.25, -0.2) is 0 Å². The number of likely N-dealkylation sites (N-methyl/N-ethyl adjacent to an activating group) is 1. The van der Waals surface area contributed by atoms with E-state index in [1.54, 1.807) is 0 Å². The molecule has 2 heterocycles. The van der Waals surface area contributed by atoms with Gasteiger partial charge in [0, 0.05) is 57.1 Å². The second-order valence-corrected chi connectivity index (χ2v) is 12.6. The molecule has 4 aromatic rings. The van der Waals surface area contributed by atoms with Gasteiger partial charge in [0.2, 0.25) is 5.91 Å². The molecule has 6 heteroatoms. The van der Waals surface area contributed by atoms with Crippen LogP contribution in [0.1, 0.15) is 58.8 Å². The first-order valence-corrected chi connectivity index (χ1v) is 16.5. The maximum atomic E-state index is 13.8. The molecule has 45 heavy (non-hydrogen) atoms. The van der Waals surface area contributed by atoms with Crippen molar-refractivity contribution in [3.05, 3.63) is 125 Å². The number of rotatable bonds is 10. The average molecular weight is 599 g/mol. The van der Waals surface area contributed by atoms with Crippen LogP contribution in [0.25, 0.3) is 11.1 Å². The zero-order valence-corrected chi connectivity index (χ0v) is 26.2. The summed E-state index contributed by atoms with van der Waals surface area (Å²) in [6, 6.07) is 33.5. The molecule has 0 aromatic heterocycles. The highest BCUT2D eigenvalue weighted by Crippen LogP contribution is 2.51. The second-order valence-electron chi connectivity index (χ2n) is 12.6. The zero-order chi connectivity index (χ0) is 30.8. The van der Waals surface area contributed by atoms with E-state index >= 15 is 0 Å². The molecule has 0 bridgehead atoms. The van der Waals surface area contributed by atoms with Crippen molar-refractivity contribution >= 4 is 17.5 Å². The number of hydrogen-bond donors (Lipinski definition) is 1. The minimum Gasteiger partial charge on any atom is -0.369 e. The fourth-order valence-electron chi connectivity index (χ4n) is 7.70. The van der Waals surface area contributed by atoms with Crippen LogP contribution in [0.5, 0.6) is 0 Å². The summed E-state index contributed by atoms with van der Waals surface area (Å²) in [5.41, 5.74) is 8.30. The van der Waals surface area contributed by atoms with Gasteiger partial charge < -0.3 is 15.1 Å². The fraction of sp³-hybridized carbons (Fsp3) is 0.333. The van der Waals surface area contributed by atoms with Gasteiger partial charge in [-0.05, 0) is 71.8 Å². The van der Waals surface area contributed by atoms with Crippen LogP contribution in [0.3, 0.4) is 0 Å². The van der Waals surface area contributed by atoms with Crippen molar-refractivity contribution in [1.29, 1.82) is 0 Å². The molecule has 6 nitrogen and oxygen atoms in total. The molecule has 0 spiro atoms. The van der Waals surface area contributed by atoms with Crippen LogP contribution in [0.4, 0.5) is 5.69 Å². The lowest BCUT2D eigenvalue weighted by Gasteiger charge is -2.36. The Morgan fingerprint density at radius 1 is 0.778 bits per heavy atom. The molecular formula is C39H42N4O2. The van der Waals surface area contributed by atoms with E-state index in [9.17, 15) is 9.59 Å². The average Bonchev–Trinajstić information content (AvgIpc) is 3.55. The molecule has 4 aromatic carbocycles. The SMILES string of the molecule is CCNC(=O)C1(CCCCN2CCN(c3ccc4c(c3)C(=O)N(Cc3ccccc3)C4)CC2)c2ccccc2-c2ccccc21. The van der Waals surface area contributed by atoms with Crippen molar-refractivity contribution in [3.63, 3.8) is 0 Å². The molecule has 1 saturated heterocycles. The number of hydrogen-bond acceptors (Lipinski definition) is 4. The molecule has 0 unspecified atom stereocenters. The lowest BCUT2D eigenvalue weighted by Crippen LogP contribution is -2.47. The molecule has 0 atom stereocenters. The van der Waals surface area contributed by atoms with Crippen molar-refractivity contribution in [2.24, 2.45) is 0 Å². The molecule has 3 aliphatic rings. The third-order valence-electron chi connectivity index (χ3n) is 9.99. The predicted octanol–water partition coefficient (Wildman–Crippen LogP) is 6.24. The summed E-state index contributed by atoms with van der Waals surface area (Å²) in [5, 5.41) is 3.17. The van der Waals surface area contributed by atoms with Crippen molar-refractivity contribution in [2.45, 2.75) is 44.7 Å². The van der Waals surface area contributed by atoms with Crippen LogP contribution in [0.2, 0.25) is 0 Å². The number of nitrogens with zero attached hydrogens (tertiary/aromatic N) is 3. The van der Waals surface area contributed by atoms with Gasteiger partial charge in [0.05, 0.1) is 0 Å². The van der Waals surface area contributed by atoms with Crippen LogP contribution in [-0.2, 0) is 23.3 Å². The van der Waals surface area contributed by atoms with E-state index in [-0.39, 0.29) is 11.8 Å². The van der Waals surface area contributed by atoms with Gasteiger partial charge in [-0.1, -0.05) is 91.3 Å². The zero-order valence-electron chi connectivity index (χ0n) is 26.2. The quantitative estimate of drug-likeness (QED) is 0.220. The number of nitrogens with one attached hydrogen (secondary N) is 1. The Morgan fingerprint density at radius 2 is 1.44 bits per heavy atom. The molecule has 230 valence electrons. The van der Waals surface area contributed by atoms with Gasteiger partial charge in [0.25, 0.3) is 5.91 Å². The monoisotopic (exact) mass is 598 g/mol. The Kier molecular flexibility index (Phi) is 8.16. The van der Waals surface area contributed by atoms with E-state index in [0.717, 1.165) is 85.5 Å². The van der Waals surface area contributed by atoms with E-state index in [1.807, 2.05) is 30.0 Å². The topological polar surface area (TPSA) is 55.9 Å². The third kappa shape index (κ3) is 5.42. The minimum absolute atomic E-state index is 0.118. The smallest absolute Gasteiger partial charge is 0.254 e. The van der Waals surface area contributed by atoms with Crippen LogP contribution < -0.4 is 10.2 Å².